The summed E-state index contributed by atoms with van der Waals surface area (Å²) in [6.07, 6.45) is 6.81. The number of anilines is 1. The van der Waals surface area contributed by atoms with Crippen molar-refractivity contribution in [2.45, 2.75) is 25.7 Å². The molecule has 0 spiro atoms. The zero-order chi connectivity index (χ0) is 17.5. The molecule has 5 heteroatoms. The maximum absolute atomic E-state index is 12.1. The van der Waals surface area contributed by atoms with Gasteiger partial charge in [0, 0.05) is 29.4 Å². The highest BCUT2D eigenvalue weighted by Crippen LogP contribution is 2.23. The summed E-state index contributed by atoms with van der Waals surface area (Å²) in [4.78, 5) is 17.4. The van der Waals surface area contributed by atoms with Crippen molar-refractivity contribution in [3.8, 4) is 0 Å². The molecule has 0 aliphatic carbocycles. The summed E-state index contributed by atoms with van der Waals surface area (Å²) >= 11 is 5.19. The van der Waals surface area contributed by atoms with E-state index in [9.17, 15) is 4.79 Å². The Morgan fingerprint density at radius 2 is 1.72 bits per heavy atom. The van der Waals surface area contributed by atoms with E-state index >= 15 is 0 Å². The second-order valence-electron chi connectivity index (χ2n) is 5.84. The Balaban J connectivity index is 1.45. The van der Waals surface area contributed by atoms with Crippen molar-refractivity contribution in [1.29, 1.82) is 0 Å². The van der Waals surface area contributed by atoms with E-state index in [4.69, 9.17) is 0 Å². The van der Waals surface area contributed by atoms with Gasteiger partial charge in [0.15, 0.2) is 0 Å². The van der Waals surface area contributed by atoms with Crippen LogP contribution in [0.4, 0.5) is 5.69 Å². The number of amides is 1. The molecule has 3 rings (SSSR count). The van der Waals surface area contributed by atoms with Gasteiger partial charge in [-0.1, -0.05) is 12.1 Å². The molecule has 0 radical (unpaired) electrons. The van der Waals surface area contributed by atoms with Crippen LogP contribution in [0.2, 0.25) is 0 Å². The summed E-state index contributed by atoms with van der Waals surface area (Å²) in [5.41, 5.74) is 3.29. The maximum Gasteiger partial charge on any atom is 0.224 e. The number of aryl methyl sites for hydroxylation is 1. The van der Waals surface area contributed by atoms with Crippen LogP contribution in [0.5, 0.6) is 0 Å². The number of nitrogens with one attached hydrogen (secondary N) is 1. The Labute approximate surface area is 160 Å². The number of rotatable bonds is 7. The standard InChI is InChI=1S/C20H19BrN2OS/c21-19-9-8-18(25-19)2-1-3-20(24)23-17-6-4-15(5-7-17)14-16-10-12-22-13-11-16/h4-13H,1-3,14H2,(H,23,24). The molecule has 25 heavy (non-hydrogen) atoms. The highest BCUT2D eigenvalue weighted by molar-refractivity contribution is 9.11. The van der Waals surface area contributed by atoms with Gasteiger partial charge in [-0.2, -0.15) is 0 Å². The van der Waals surface area contributed by atoms with Crippen LogP contribution in [0.15, 0.2) is 64.7 Å². The fourth-order valence-corrected chi connectivity index (χ4v) is 4.10. The number of halogens is 1. The van der Waals surface area contributed by atoms with E-state index in [0.29, 0.717) is 6.42 Å². The smallest absolute Gasteiger partial charge is 0.224 e. The second-order valence-corrected chi connectivity index (χ2v) is 8.38. The third-order valence-electron chi connectivity index (χ3n) is 3.85. The molecule has 2 aromatic heterocycles. The van der Waals surface area contributed by atoms with Crippen LogP contribution in [0.25, 0.3) is 0 Å². The molecule has 1 amide bonds. The molecule has 3 nitrogen and oxygen atoms in total. The molecule has 0 atom stereocenters. The van der Waals surface area contributed by atoms with Crippen molar-refractivity contribution in [2.24, 2.45) is 0 Å². The first-order valence-electron chi connectivity index (χ1n) is 8.21. The third-order valence-corrected chi connectivity index (χ3v) is 5.53. The van der Waals surface area contributed by atoms with Crippen molar-refractivity contribution in [3.63, 3.8) is 0 Å². The fraction of sp³-hybridized carbons (Fsp3) is 0.200. The van der Waals surface area contributed by atoms with E-state index in [1.165, 1.54) is 16.0 Å². The molecule has 0 aliphatic heterocycles. The Morgan fingerprint density at radius 3 is 2.40 bits per heavy atom. The van der Waals surface area contributed by atoms with E-state index in [-0.39, 0.29) is 5.91 Å². The van der Waals surface area contributed by atoms with Crippen molar-refractivity contribution >= 4 is 38.9 Å². The van der Waals surface area contributed by atoms with Gasteiger partial charge in [0.2, 0.25) is 5.91 Å². The van der Waals surface area contributed by atoms with Gasteiger partial charge < -0.3 is 5.32 Å². The second kappa shape index (κ2) is 8.92. The Kier molecular flexibility index (Phi) is 6.36. The Morgan fingerprint density at radius 1 is 1.00 bits per heavy atom. The van der Waals surface area contributed by atoms with Crippen molar-refractivity contribution < 1.29 is 4.79 Å². The first-order chi connectivity index (χ1) is 12.2. The molecule has 0 bridgehead atoms. The summed E-state index contributed by atoms with van der Waals surface area (Å²) < 4.78 is 1.14. The van der Waals surface area contributed by atoms with E-state index in [1.54, 1.807) is 23.7 Å². The van der Waals surface area contributed by atoms with E-state index in [0.717, 1.165) is 28.7 Å². The van der Waals surface area contributed by atoms with Crippen LogP contribution in [0.1, 0.15) is 28.8 Å². The predicted molar refractivity (Wildman–Crippen MR) is 107 cm³/mol. The number of aromatic nitrogens is 1. The summed E-state index contributed by atoms with van der Waals surface area (Å²) in [5.74, 6) is 0.0671. The van der Waals surface area contributed by atoms with E-state index in [1.807, 2.05) is 30.3 Å². The normalized spacial score (nSPS) is 10.6. The average molecular weight is 415 g/mol. The number of pyridine rings is 1. The highest BCUT2D eigenvalue weighted by Gasteiger charge is 2.04. The lowest BCUT2D eigenvalue weighted by Crippen LogP contribution is -2.11. The Bertz CT molecular complexity index is 815. The molecular formula is C20H19BrN2OS. The van der Waals surface area contributed by atoms with Crippen LogP contribution in [0, 0.1) is 0 Å². The fourth-order valence-electron chi connectivity index (χ4n) is 2.58. The molecule has 0 fully saturated rings. The molecular weight excluding hydrogens is 396 g/mol. The molecule has 1 N–H and O–H groups in total. The zero-order valence-electron chi connectivity index (χ0n) is 13.7. The van der Waals surface area contributed by atoms with Gasteiger partial charge >= 0.3 is 0 Å². The van der Waals surface area contributed by atoms with Gasteiger partial charge in [0.05, 0.1) is 3.79 Å². The number of thiophene rings is 1. The molecule has 0 unspecified atom stereocenters. The van der Waals surface area contributed by atoms with Gasteiger partial charge in [-0.25, -0.2) is 0 Å². The quantitative estimate of drug-likeness (QED) is 0.557. The van der Waals surface area contributed by atoms with Crippen molar-refractivity contribution in [3.05, 3.63) is 80.7 Å². The summed E-state index contributed by atoms with van der Waals surface area (Å²) in [5, 5.41) is 2.97. The number of benzene rings is 1. The van der Waals surface area contributed by atoms with Crippen LogP contribution in [-0.2, 0) is 17.6 Å². The molecule has 3 aromatic rings. The van der Waals surface area contributed by atoms with Crippen molar-refractivity contribution in [2.75, 3.05) is 5.32 Å². The van der Waals surface area contributed by atoms with Crippen LogP contribution in [0.3, 0.4) is 0 Å². The lowest BCUT2D eigenvalue weighted by atomic mass is 10.1. The average Bonchev–Trinajstić information content (AvgIpc) is 3.03. The van der Waals surface area contributed by atoms with Crippen LogP contribution < -0.4 is 5.32 Å². The van der Waals surface area contributed by atoms with Gasteiger partial charge in [-0.05, 0) is 82.7 Å². The van der Waals surface area contributed by atoms with Crippen LogP contribution >= 0.6 is 27.3 Å². The zero-order valence-corrected chi connectivity index (χ0v) is 16.1. The lowest BCUT2D eigenvalue weighted by Gasteiger charge is -2.07. The SMILES string of the molecule is O=C(CCCc1ccc(Br)s1)Nc1ccc(Cc2ccncc2)cc1. The number of carbonyl (C=O) groups is 1. The van der Waals surface area contributed by atoms with Crippen LogP contribution in [-0.4, -0.2) is 10.9 Å². The van der Waals surface area contributed by atoms with E-state index < -0.39 is 0 Å². The van der Waals surface area contributed by atoms with Gasteiger partial charge in [-0.15, -0.1) is 11.3 Å². The lowest BCUT2D eigenvalue weighted by molar-refractivity contribution is -0.116. The first kappa shape index (κ1) is 17.8. The number of nitrogens with zero attached hydrogens (tertiary/aromatic N) is 1. The first-order valence-corrected chi connectivity index (χ1v) is 9.82. The minimum atomic E-state index is 0.0671. The number of carbonyl (C=O) groups excluding carboxylic acids is 1. The monoisotopic (exact) mass is 414 g/mol. The number of hydrogen-bond acceptors (Lipinski definition) is 3. The molecule has 1 aromatic carbocycles. The van der Waals surface area contributed by atoms with Gasteiger partial charge in [0.25, 0.3) is 0 Å². The minimum absolute atomic E-state index is 0.0671. The maximum atomic E-state index is 12.1. The van der Waals surface area contributed by atoms with Crippen molar-refractivity contribution in [1.82, 2.24) is 4.98 Å². The number of hydrogen-bond donors (Lipinski definition) is 1. The molecule has 2 heterocycles. The Hall–Kier alpha value is -1.98. The third kappa shape index (κ3) is 5.80. The molecule has 0 saturated heterocycles. The molecule has 0 saturated carbocycles. The van der Waals surface area contributed by atoms with Gasteiger partial charge in [-0.3, -0.25) is 9.78 Å². The van der Waals surface area contributed by atoms with Gasteiger partial charge in [0.1, 0.15) is 0 Å². The summed E-state index contributed by atoms with van der Waals surface area (Å²) in [7, 11) is 0. The largest absolute Gasteiger partial charge is 0.326 e. The minimum Gasteiger partial charge on any atom is -0.326 e. The predicted octanol–water partition coefficient (Wildman–Crippen LogP) is 5.46. The molecule has 0 aliphatic rings. The summed E-state index contributed by atoms with van der Waals surface area (Å²) in [6.45, 7) is 0. The summed E-state index contributed by atoms with van der Waals surface area (Å²) in [6, 6.07) is 16.2. The van der Waals surface area contributed by atoms with E-state index in [2.05, 4.69) is 44.4 Å². The topological polar surface area (TPSA) is 42.0 Å². The molecule has 128 valence electrons. The highest BCUT2D eigenvalue weighted by atomic mass is 79.9.